The Labute approximate surface area is 144 Å². The predicted molar refractivity (Wildman–Crippen MR) is 81.8 cm³/mol. The number of nitro groups is 1. The zero-order chi connectivity index (χ0) is 18.9. The van der Waals surface area contributed by atoms with E-state index in [2.05, 4.69) is 5.10 Å². The van der Waals surface area contributed by atoms with Crippen molar-refractivity contribution < 1.29 is 27.7 Å². The molecule has 2 aromatic rings. The Morgan fingerprint density at radius 3 is 2.52 bits per heavy atom. The molecule has 136 valence electrons. The molecule has 0 saturated carbocycles. The second kappa shape index (κ2) is 6.76. The third-order valence-electron chi connectivity index (χ3n) is 3.20. The molecule has 0 radical (unpaired) electrons. The van der Waals surface area contributed by atoms with Crippen LogP contribution in [0.25, 0.3) is 0 Å². The second-order valence-corrected chi connectivity index (χ2v) is 5.16. The largest absolute Gasteiger partial charge is 0.436 e. The predicted octanol–water partition coefficient (Wildman–Crippen LogP) is 3.79. The quantitative estimate of drug-likeness (QED) is 0.579. The van der Waals surface area contributed by atoms with E-state index in [1.165, 1.54) is 26.3 Å². The van der Waals surface area contributed by atoms with Crippen molar-refractivity contribution in [3.8, 4) is 11.6 Å². The van der Waals surface area contributed by atoms with E-state index in [0.717, 1.165) is 18.2 Å². The number of hydroxylamine groups is 1. The van der Waals surface area contributed by atoms with Crippen molar-refractivity contribution in [1.29, 1.82) is 0 Å². The van der Waals surface area contributed by atoms with Gasteiger partial charge in [-0.05, 0) is 6.07 Å². The molecular formula is C13H12ClF3N4O4. The van der Waals surface area contributed by atoms with Crippen LogP contribution in [0.4, 0.5) is 24.5 Å². The van der Waals surface area contributed by atoms with Crippen molar-refractivity contribution in [3.63, 3.8) is 0 Å². The highest BCUT2D eigenvalue weighted by Gasteiger charge is 2.39. The summed E-state index contributed by atoms with van der Waals surface area (Å²) in [6.07, 6.45) is -4.71. The Bertz CT molecular complexity index is 809. The summed E-state index contributed by atoms with van der Waals surface area (Å²) in [7, 11) is 3.78. The minimum Gasteiger partial charge on any atom is -0.436 e. The van der Waals surface area contributed by atoms with Gasteiger partial charge < -0.3 is 4.74 Å². The summed E-state index contributed by atoms with van der Waals surface area (Å²) >= 11 is 5.70. The number of benzene rings is 1. The van der Waals surface area contributed by atoms with Crippen LogP contribution in [0.2, 0.25) is 5.02 Å². The van der Waals surface area contributed by atoms with E-state index in [-0.39, 0.29) is 17.1 Å². The van der Waals surface area contributed by atoms with Gasteiger partial charge in [0, 0.05) is 26.2 Å². The summed E-state index contributed by atoms with van der Waals surface area (Å²) in [5, 5.41) is 15.0. The number of hydrogen-bond acceptors (Lipinski definition) is 6. The lowest BCUT2D eigenvalue weighted by Crippen LogP contribution is -2.16. The monoisotopic (exact) mass is 380 g/mol. The molecular weight excluding hydrogens is 369 g/mol. The SMILES string of the molecule is CON(C)c1cc(Oc2nn(C)c(C(F)(F)F)c2Cl)ccc1[N+](=O)[O-]. The van der Waals surface area contributed by atoms with Crippen molar-refractivity contribution >= 4 is 23.0 Å². The van der Waals surface area contributed by atoms with Crippen LogP contribution >= 0.6 is 11.6 Å². The Morgan fingerprint density at radius 2 is 2.04 bits per heavy atom. The summed E-state index contributed by atoms with van der Waals surface area (Å²) in [6.45, 7) is 0. The fourth-order valence-corrected chi connectivity index (χ4v) is 2.34. The molecule has 0 aliphatic carbocycles. The standard InChI is InChI=1S/C13H12ClF3N4O4/c1-19-11(13(15,16)17)10(14)12(18-19)25-7-4-5-8(21(22)23)9(6-7)20(2)24-3/h4-6H,1-3H3. The molecule has 8 nitrogen and oxygen atoms in total. The molecule has 2 rings (SSSR count). The lowest BCUT2D eigenvalue weighted by Gasteiger charge is -2.16. The molecule has 0 fully saturated rings. The van der Waals surface area contributed by atoms with Crippen molar-refractivity contribution in [2.24, 2.45) is 7.05 Å². The van der Waals surface area contributed by atoms with E-state index < -0.39 is 27.7 Å². The average Bonchev–Trinajstić information content (AvgIpc) is 2.79. The van der Waals surface area contributed by atoms with Gasteiger partial charge in [-0.2, -0.15) is 13.2 Å². The van der Waals surface area contributed by atoms with Gasteiger partial charge in [0.05, 0.1) is 12.0 Å². The Morgan fingerprint density at radius 1 is 1.40 bits per heavy atom. The smallest absolute Gasteiger partial charge is 0.434 e. The number of rotatable bonds is 5. The van der Waals surface area contributed by atoms with E-state index in [9.17, 15) is 23.3 Å². The molecule has 12 heteroatoms. The summed E-state index contributed by atoms with van der Waals surface area (Å²) < 4.78 is 44.6. The van der Waals surface area contributed by atoms with Crippen LogP contribution < -0.4 is 9.80 Å². The van der Waals surface area contributed by atoms with Gasteiger partial charge in [0.25, 0.3) is 11.6 Å². The highest BCUT2D eigenvalue weighted by atomic mass is 35.5. The minimum absolute atomic E-state index is 0.00164. The molecule has 0 saturated heterocycles. The first-order chi connectivity index (χ1) is 11.6. The fraction of sp³-hybridized carbons (Fsp3) is 0.308. The highest BCUT2D eigenvalue weighted by molar-refractivity contribution is 6.32. The molecule has 25 heavy (non-hydrogen) atoms. The molecule has 0 N–H and O–H groups in total. The molecule has 0 amide bonds. The second-order valence-electron chi connectivity index (χ2n) is 4.78. The Kier molecular flexibility index (Phi) is 5.09. The Balaban J connectivity index is 2.44. The zero-order valence-corrected chi connectivity index (χ0v) is 13.9. The third-order valence-corrected chi connectivity index (χ3v) is 3.54. The molecule has 0 unspecified atom stereocenters. The highest BCUT2D eigenvalue weighted by Crippen LogP contribution is 2.41. The number of alkyl halides is 3. The third kappa shape index (κ3) is 3.77. The number of nitro benzene ring substituents is 1. The van der Waals surface area contributed by atoms with Crippen LogP contribution in [0.1, 0.15) is 5.69 Å². The van der Waals surface area contributed by atoms with Gasteiger partial charge in [0.2, 0.25) is 0 Å². The van der Waals surface area contributed by atoms with Crippen molar-refractivity contribution in [2.75, 3.05) is 19.2 Å². The number of anilines is 1. The van der Waals surface area contributed by atoms with Gasteiger partial charge >= 0.3 is 6.18 Å². The topological polar surface area (TPSA) is 82.7 Å². The number of ether oxygens (including phenoxy) is 1. The van der Waals surface area contributed by atoms with Gasteiger partial charge in [-0.3, -0.25) is 24.7 Å². The number of nitrogens with zero attached hydrogens (tertiary/aromatic N) is 4. The summed E-state index contributed by atoms with van der Waals surface area (Å²) in [5.74, 6) is -0.477. The maximum Gasteiger partial charge on any atom is 0.434 e. The molecule has 0 spiro atoms. The van der Waals surface area contributed by atoms with Gasteiger partial charge in [-0.1, -0.05) is 11.6 Å². The van der Waals surface area contributed by atoms with Crippen LogP contribution in [-0.4, -0.2) is 28.9 Å². The zero-order valence-electron chi connectivity index (χ0n) is 13.2. The molecule has 1 aromatic heterocycles. The first-order valence-corrected chi connectivity index (χ1v) is 6.98. The average molecular weight is 381 g/mol. The first-order valence-electron chi connectivity index (χ1n) is 6.60. The van der Waals surface area contributed by atoms with Gasteiger partial charge in [-0.15, -0.1) is 5.10 Å². The van der Waals surface area contributed by atoms with Crippen LogP contribution in [0.3, 0.4) is 0 Å². The molecule has 0 aliphatic heterocycles. The summed E-state index contributed by atoms with van der Waals surface area (Å²) in [6, 6.07) is 3.56. The molecule has 0 atom stereocenters. The minimum atomic E-state index is -4.71. The lowest BCUT2D eigenvalue weighted by molar-refractivity contribution is -0.384. The van der Waals surface area contributed by atoms with E-state index >= 15 is 0 Å². The van der Waals surface area contributed by atoms with Crippen molar-refractivity contribution in [3.05, 3.63) is 39.0 Å². The van der Waals surface area contributed by atoms with Gasteiger partial charge in [0.1, 0.15) is 16.5 Å². The molecule has 1 aromatic carbocycles. The first kappa shape index (κ1) is 18.8. The van der Waals surface area contributed by atoms with Crippen LogP contribution in [0, 0.1) is 10.1 Å². The lowest BCUT2D eigenvalue weighted by atomic mass is 10.2. The van der Waals surface area contributed by atoms with E-state index in [4.69, 9.17) is 21.2 Å². The van der Waals surface area contributed by atoms with E-state index in [0.29, 0.717) is 4.68 Å². The number of halogens is 4. The normalized spacial score (nSPS) is 11.5. The number of hydrogen-bond donors (Lipinski definition) is 0. The molecule has 0 bridgehead atoms. The van der Waals surface area contributed by atoms with Gasteiger partial charge in [-0.25, -0.2) is 0 Å². The van der Waals surface area contributed by atoms with Gasteiger partial charge in [0.15, 0.2) is 5.69 Å². The Hall–Kier alpha value is -2.53. The van der Waals surface area contributed by atoms with Crippen LogP contribution in [-0.2, 0) is 18.1 Å². The van der Waals surface area contributed by atoms with Crippen molar-refractivity contribution in [2.45, 2.75) is 6.18 Å². The number of aryl methyl sites for hydroxylation is 1. The van der Waals surface area contributed by atoms with Crippen LogP contribution in [0.15, 0.2) is 18.2 Å². The summed E-state index contributed by atoms with van der Waals surface area (Å²) in [5.41, 5.74) is -1.41. The number of aromatic nitrogens is 2. The van der Waals surface area contributed by atoms with E-state index in [1.807, 2.05) is 0 Å². The maximum absolute atomic E-state index is 12.9. The summed E-state index contributed by atoms with van der Waals surface area (Å²) in [4.78, 5) is 15.3. The maximum atomic E-state index is 12.9. The van der Waals surface area contributed by atoms with E-state index in [1.54, 1.807) is 0 Å². The fourth-order valence-electron chi connectivity index (χ4n) is 2.03. The van der Waals surface area contributed by atoms with Crippen LogP contribution in [0.5, 0.6) is 11.6 Å². The van der Waals surface area contributed by atoms with Crippen molar-refractivity contribution in [1.82, 2.24) is 9.78 Å². The molecule has 0 aliphatic rings. The molecule has 1 heterocycles.